The van der Waals surface area contributed by atoms with E-state index < -0.39 is 26.6 Å². The molecule has 0 spiro atoms. The average molecular weight is 369 g/mol. The summed E-state index contributed by atoms with van der Waals surface area (Å²) in [7, 11) is -3.97. The summed E-state index contributed by atoms with van der Waals surface area (Å²) < 4.78 is 52.6. The van der Waals surface area contributed by atoms with Crippen LogP contribution in [0.15, 0.2) is 23.1 Å². The zero-order valence-electron chi connectivity index (χ0n) is 10.7. The van der Waals surface area contributed by atoms with E-state index >= 15 is 0 Å². The second-order valence-electron chi connectivity index (χ2n) is 4.51. The van der Waals surface area contributed by atoms with E-state index in [0.717, 1.165) is 30.1 Å². The molecule has 4 nitrogen and oxygen atoms in total. The van der Waals surface area contributed by atoms with Gasteiger partial charge in [-0.2, -0.15) is 4.31 Å². The molecule has 112 valence electrons. The van der Waals surface area contributed by atoms with Gasteiger partial charge in [0.1, 0.15) is 16.5 Å². The first kappa shape index (κ1) is 15.8. The van der Waals surface area contributed by atoms with E-state index in [1.54, 1.807) is 0 Å². The standard InChI is InChI=1S/C12H15BrF2N2O2S/c13-3-4-16-5-7-17(8-6-16)20(18,19)12-9-10(14)1-2-11(12)15/h1-2,9H,3-8H2. The number of benzene rings is 1. The Morgan fingerprint density at radius 2 is 1.80 bits per heavy atom. The highest BCUT2D eigenvalue weighted by molar-refractivity contribution is 9.09. The van der Waals surface area contributed by atoms with Crippen LogP contribution in [0.5, 0.6) is 0 Å². The number of nitrogens with zero attached hydrogens (tertiary/aromatic N) is 2. The first-order valence-corrected chi connectivity index (χ1v) is 8.75. The van der Waals surface area contributed by atoms with Crippen molar-refractivity contribution in [3.05, 3.63) is 29.8 Å². The fourth-order valence-electron chi connectivity index (χ4n) is 2.13. The number of sulfonamides is 1. The molecular formula is C12H15BrF2N2O2S. The Morgan fingerprint density at radius 3 is 2.40 bits per heavy atom. The molecule has 20 heavy (non-hydrogen) atoms. The Labute approximate surface area is 125 Å². The van der Waals surface area contributed by atoms with E-state index in [1.165, 1.54) is 4.31 Å². The van der Waals surface area contributed by atoms with Crippen LogP contribution in [0.25, 0.3) is 0 Å². The first-order valence-electron chi connectivity index (χ1n) is 6.18. The summed E-state index contributed by atoms with van der Waals surface area (Å²) in [5, 5.41) is 0.818. The number of hydrogen-bond acceptors (Lipinski definition) is 3. The molecule has 1 heterocycles. The second-order valence-corrected chi connectivity index (χ2v) is 7.21. The quantitative estimate of drug-likeness (QED) is 0.759. The Morgan fingerprint density at radius 1 is 1.15 bits per heavy atom. The van der Waals surface area contributed by atoms with Gasteiger partial charge in [0.25, 0.3) is 0 Å². The van der Waals surface area contributed by atoms with Crippen molar-refractivity contribution in [3.8, 4) is 0 Å². The molecule has 8 heteroatoms. The zero-order valence-corrected chi connectivity index (χ0v) is 13.1. The van der Waals surface area contributed by atoms with Crippen LogP contribution in [-0.4, -0.2) is 55.7 Å². The molecule has 0 N–H and O–H groups in total. The highest BCUT2D eigenvalue weighted by Crippen LogP contribution is 2.21. The molecule has 0 amide bonds. The van der Waals surface area contributed by atoms with Gasteiger partial charge in [-0.15, -0.1) is 0 Å². The van der Waals surface area contributed by atoms with Crippen molar-refractivity contribution >= 4 is 26.0 Å². The van der Waals surface area contributed by atoms with E-state index in [0.29, 0.717) is 13.1 Å². The lowest BCUT2D eigenvalue weighted by atomic mass is 10.3. The van der Waals surface area contributed by atoms with Crippen molar-refractivity contribution in [2.75, 3.05) is 38.1 Å². The van der Waals surface area contributed by atoms with Crippen LogP contribution in [0, 0.1) is 11.6 Å². The molecule has 1 aliphatic rings. The third kappa shape index (κ3) is 3.36. The van der Waals surface area contributed by atoms with Crippen molar-refractivity contribution in [3.63, 3.8) is 0 Å². The topological polar surface area (TPSA) is 40.6 Å². The smallest absolute Gasteiger partial charge is 0.246 e. The summed E-state index contributed by atoms with van der Waals surface area (Å²) in [5.41, 5.74) is 0. The van der Waals surface area contributed by atoms with Crippen LogP contribution >= 0.6 is 15.9 Å². The van der Waals surface area contributed by atoms with Gasteiger partial charge in [-0.05, 0) is 18.2 Å². The van der Waals surface area contributed by atoms with Gasteiger partial charge in [-0.25, -0.2) is 17.2 Å². The van der Waals surface area contributed by atoms with E-state index in [2.05, 4.69) is 20.8 Å². The van der Waals surface area contributed by atoms with Crippen molar-refractivity contribution in [2.45, 2.75) is 4.90 Å². The summed E-state index contributed by atoms with van der Waals surface area (Å²) in [6, 6.07) is 2.47. The Kier molecular flexibility index (Phi) is 5.11. The molecular weight excluding hydrogens is 354 g/mol. The minimum atomic E-state index is -3.97. The van der Waals surface area contributed by atoms with Crippen molar-refractivity contribution in [1.82, 2.24) is 9.21 Å². The summed E-state index contributed by atoms with van der Waals surface area (Å²) in [5.74, 6) is -1.68. The lowest BCUT2D eigenvalue weighted by Crippen LogP contribution is -2.49. The molecule has 2 rings (SSSR count). The summed E-state index contributed by atoms with van der Waals surface area (Å²) >= 11 is 3.33. The molecule has 0 saturated carbocycles. The minimum Gasteiger partial charge on any atom is -0.300 e. The van der Waals surface area contributed by atoms with Crippen LogP contribution in [0.1, 0.15) is 0 Å². The highest BCUT2D eigenvalue weighted by atomic mass is 79.9. The van der Waals surface area contributed by atoms with E-state index in [1.807, 2.05) is 0 Å². The Balaban J connectivity index is 2.18. The van der Waals surface area contributed by atoms with Crippen LogP contribution in [0.3, 0.4) is 0 Å². The van der Waals surface area contributed by atoms with Gasteiger partial charge in [-0.3, -0.25) is 4.90 Å². The van der Waals surface area contributed by atoms with Gasteiger partial charge in [0.15, 0.2) is 0 Å². The van der Waals surface area contributed by atoms with Crippen molar-refractivity contribution < 1.29 is 17.2 Å². The monoisotopic (exact) mass is 368 g/mol. The summed E-state index contributed by atoms with van der Waals surface area (Å²) in [6.45, 7) is 2.57. The molecule has 0 radical (unpaired) electrons. The lowest BCUT2D eigenvalue weighted by molar-refractivity contribution is 0.198. The SMILES string of the molecule is O=S(=O)(c1cc(F)ccc1F)N1CCN(CCBr)CC1. The van der Waals surface area contributed by atoms with Gasteiger partial charge >= 0.3 is 0 Å². The Hall–Kier alpha value is -0.570. The van der Waals surface area contributed by atoms with E-state index in [9.17, 15) is 17.2 Å². The minimum absolute atomic E-state index is 0.283. The largest absolute Gasteiger partial charge is 0.300 e. The molecule has 1 aromatic carbocycles. The van der Waals surface area contributed by atoms with Crippen LogP contribution in [-0.2, 0) is 10.0 Å². The number of piperazine rings is 1. The van der Waals surface area contributed by atoms with Gasteiger partial charge in [0.05, 0.1) is 0 Å². The van der Waals surface area contributed by atoms with Crippen molar-refractivity contribution in [2.24, 2.45) is 0 Å². The fourth-order valence-corrected chi connectivity index (χ4v) is 4.13. The maximum atomic E-state index is 13.6. The molecule has 1 fully saturated rings. The summed E-state index contributed by atoms with van der Waals surface area (Å²) in [4.78, 5) is 1.52. The zero-order chi connectivity index (χ0) is 14.8. The first-order chi connectivity index (χ1) is 9.45. The number of halogens is 3. The number of rotatable bonds is 4. The van der Waals surface area contributed by atoms with Gasteiger partial charge in [-0.1, -0.05) is 15.9 Å². The van der Waals surface area contributed by atoms with Crippen LogP contribution < -0.4 is 0 Å². The van der Waals surface area contributed by atoms with E-state index in [4.69, 9.17) is 0 Å². The molecule has 0 bridgehead atoms. The van der Waals surface area contributed by atoms with Gasteiger partial charge < -0.3 is 0 Å². The van der Waals surface area contributed by atoms with E-state index in [-0.39, 0.29) is 13.1 Å². The average Bonchev–Trinajstić information content (AvgIpc) is 2.42. The Bertz CT molecular complexity index is 575. The second kappa shape index (κ2) is 6.46. The molecule has 0 unspecified atom stereocenters. The third-order valence-corrected chi connectivity index (χ3v) is 5.51. The molecule has 0 atom stereocenters. The molecule has 1 aliphatic heterocycles. The molecule has 0 aliphatic carbocycles. The maximum absolute atomic E-state index is 13.6. The maximum Gasteiger partial charge on any atom is 0.246 e. The number of hydrogen-bond donors (Lipinski definition) is 0. The predicted octanol–water partition coefficient (Wildman–Crippen LogP) is 1.67. The molecule has 0 aromatic heterocycles. The third-order valence-electron chi connectivity index (χ3n) is 3.24. The van der Waals surface area contributed by atoms with Crippen LogP contribution in [0.4, 0.5) is 8.78 Å². The molecule has 1 aromatic rings. The molecule has 1 saturated heterocycles. The normalized spacial score (nSPS) is 18.4. The summed E-state index contributed by atoms with van der Waals surface area (Å²) in [6.07, 6.45) is 0. The lowest BCUT2D eigenvalue weighted by Gasteiger charge is -2.33. The number of alkyl halides is 1. The predicted molar refractivity (Wildman–Crippen MR) is 75.4 cm³/mol. The van der Waals surface area contributed by atoms with Crippen molar-refractivity contribution in [1.29, 1.82) is 0 Å². The van der Waals surface area contributed by atoms with Crippen LogP contribution in [0.2, 0.25) is 0 Å². The van der Waals surface area contributed by atoms with Gasteiger partial charge in [0.2, 0.25) is 10.0 Å². The highest BCUT2D eigenvalue weighted by Gasteiger charge is 2.30. The fraction of sp³-hybridized carbons (Fsp3) is 0.500. The van der Waals surface area contributed by atoms with Gasteiger partial charge in [0, 0.05) is 38.1 Å².